The molecular formula is C11H12Br2O3. The molecule has 0 aliphatic carbocycles. The van der Waals surface area contributed by atoms with Crippen molar-refractivity contribution in [1.82, 2.24) is 0 Å². The largest absolute Gasteiger partial charge is 0.492 e. The van der Waals surface area contributed by atoms with Gasteiger partial charge in [0, 0.05) is 4.47 Å². The number of rotatable bonds is 4. The Morgan fingerprint density at radius 2 is 2.19 bits per heavy atom. The standard InChI is InChI=1S/C11H12Br2O3/c1-7-5-8(12)3-4-10(7)16-6-9(13)11(14)15-2/h3-5,9H,6H2,1-2H3. The summed E-state index contributed by atoms with van der Waals surface area (Å²) in [5.41, 5.74) is 1.01. The molecule has 0 aromatic heterocycles. The van der Waals surface area contributed by atoms with Gasteiger partial charge in [-0.3, -0.25) is 4.79 Å². The Morgan fingerprint density at radius 3 is 2.75 bits per heavy atom. The van der Waals surface area contributed by atoms with Crippen LogP contribution in [0.2, 0.25) is 0 Å². The molecule has 1 rings (SSSR count). The third-order valence-electron chi connectivity index (χ3n) is 1.98. The minimum Gasteiger partial charge on any atom is -0.492 e. The molecule has 1 unspecified atom stereocenters. The normalized spacial score (nSPS) is 12.0. The van der Waals surface area contributed by atoms with Crippen molar-refractivity contribution in [2.45, 2.75) is 11.8 Å². The molecule has 3 nitrogen and oxygen atoms in total. The lowest BCUT2D eigenvalue weighted by Gasteiger charge is -2.12. The number of benzene rings is 1. The number of hydrogen-bond donors (Lipinski definition) is 0. The summed E-state index contributed by atoms with van der Waals surface area (Å²) in [5.74, 6) is 0.423. The Labute approximate surface area is 111 Å². The van der Waals surface area contributed by atoms with Crippen LogP contribution in [-0.4, -0.2) is 24.5 Å². The van der Waals surface area contributed by atoms with Crippen molar-refractivity contribution < 1.29 is 14.3 Å². The quantitative estimate of drug-likeness (QED) is 0.617. The highest BCUT2D eigenvalue weighted by Crippen LogP contribution is 2.22. The molecule has 0 N–H and O–H groups in total. The molecule has 0 aliphatic heterocycles. The number of ether oxygens (including phenoxy) is 2. The Bertz CT molecular complexity index is 379. The molecule has 5 heteroatoms. The number of methoxy groups -OCH3 is 1. The first-order valence-electron chi connectivity index (χ1n) is 4.65. The number of halogens is 2. The van der Waals surface area contributed by atoms with E-state index < -0.39 is 4.83 Å². The number of alkyl halides is 1. The van der Waals surface area contributed by atoms with Gasteiger partial charge in [-0.25, -0.2) is 0 Å². The number of carbonyl (C=O) groups is 1. The van der Waals surface area contributed by atoms with Gasteiger partial charge in [0.25, 0.3) is 0 Å². The number of aryl methyl sites for hydroxylation is 1. The van der Waals surface area contributed by atoms with E-state index in [-0.39, 0.29) is 12.6 Å². The lowest BCUT2D eigenvalue weighted by molar-refractivity contribution is -0.140. The van der Waals surface area contributed by atoms with Crippen LogP contribution in [-0.2, 0) is 9.53 Å². The van der Waals surface area contributed by atoms with Crippen molar-refractivity contribution in [2.24, 2.45) is 0 Å². The second-order valence-corrected chi connectivity index (χ2v) is 5.23. The second-order valence-electron chi connectivity index (χ2n) is 3.21. The fourth-order valence-electron chi connectivity index (χ4n) is 1.13. The maximum Gasteiger partial charge on any atom is 0.322 e. The lowest BCUT2D eigenvalue weighted by atomic mass is 10.2. The van der Waals surface area contributed by atoms with Crippen molar-refractivity contribution in [3.63, 3.8) is 0 Å². The van der Waals surface area contributed by atoms with Gasteiger partial charge >= 0.3 is 5.97 Å². The van der Waals surface area contributed by atoms with E-state index in [0.717, 1.165) is 15.8 Å². The number of carbonyl (C=O) groups excluding carboxylic acids is 1. The molecule has 1 aromatic rings. The number of hydrogen-bond acceptors (Lipinski definition) is 3. The fourth-order valence-corrected chi connectivity index (χ4v) is 1.93. The first-order chi connectivity index (χ1) is 7.54. The summed E-state index contributed by atoms with van der Waals surface area (Å²) >= 11 is 6.56. The maximum atomic E-state index is 11.1. The molecule has 88 valence electrons. The first kappa shape index (κ1) is 13.5. The molecular weight excluding hydrogens is 340 g/mol. The molecule has 0 spiro atoms. The van der Waals surface area contributed by atoms with Crippen LogP contribution in [0.5, 0.6) is 5.75 Å². The Morgan fingerprint density at radius 1 is 1.50 bits per heavy atom. The predicted octanol–water partition coefficient (Wildman–Crippen LogP) is 3.07. The summed E-state index contributed by atoms with van der Waals surface area (Å²) in [6, 6.07) is 5.71. The molecule has 0 heterocycles. The summed E-state index contributed by atoms with van der Waals surface area (Å²) in [4.78, 5) is 10.7. The van der Waals surface area contributed by atoms with Crippen LogP contribution >= 0.6 is 31.9 Å². The summed E-state index contributed by atoms with van der Waals surface area (Å²) in [6.07, 6.45) is 0. The molecule has 0 saturated heterocycles. The maximum absolute atomic E-state index is 11.1. The van der Waals surface area contributed by atoms with Crippen LogP contribution in [0.15, 0.2) is 22.7 Å². The van der Waals surface area contributed by atoms with Crippen LogP contribution < -0.4 is 4.74 Å². The van der Waals surface area contributed by atoms with Gasteiger partial charge in [-0.05, 0) is 30.7 Å². The Hall–Kier alpha value is -0.550. The molecule has 1 atom stereocenters. The highest BCUT2D eigenvalue weighted by atomic mass is 79.9. The first-order valence-corrected chi connectivity index (χ1v) is 6.36. The molecule has 0 radical (unpaired) electrons. The smallest absolute Gasteiger partial charge is 0.322 e. The highest BCUT2D eigenvalue weighted by Gasteiger charge is 2.16. The van der Waals surface area contributed by atoms with Crippen molar-refractivity contribution in [3.8, 4) is 5.75 Å². The molecule has 1 aromatic carbocycles. The van der Waals surface area contributed by atoms with Gasteiger partial charge in [0.2, 0.25) is 0 Å². The Kier molecular flexibility index (Phi) is 5.28. The van der Waals surface area contributed by atoms with E-state index >= 15 is 0 Å². The SMILES string of the molecule is COC(=O)C(Br)COc1ccc(Br)cc1C. The van der Waals surface area contributed by atoms with Gasteiger partial charge in [-0.2, -0.15) is 0 Å². The summed E-state index contributed by atoms with van der Waals surface area (Å²) in [5, 5.41) is 0. The van der Waals surface area contributed by atoms with Gasteiger partial charge in [-0.1, -0.05) is 31.9 Å². The van der Waals surface area contributed by atoms with E-state index in [9.17, 15) is 4.79 Å². The van der Waals surface area contributed by atoms with E-state index in [4.69, 9.17) is 4.74 Å². The van der Waals surface area contributed by atoms with Gasteiger partial charge < -0.3 is 9.47 Å². The average Bonchev–Trinajstić information content (AvgIpc) is 2.26. The van der Waals surface area contributed by atoms with E-state index in [1.54, 1.807) is 0 Å². The number of esters is 1. The van der Waals surface area contributed by atoms with Gasteiger partial charge in [0.05, 0.1) is 7.11 Å². The van der Waals surface area contributed by atoms with Gasteiger partial charge in [-0.15, -0.1) is 0 Å². The second kappa shape index (κ2) is 6.25. The van der Waals surface area contributed by atoms with E-state index in [1.807, 2.05) is 25.1 Å². The van der Waals surface area contributed by atoms with Crippen LogP contribution in [0.1, 0.15) is 5.56 Å². The predicted molar refractivity (Wildman–Crippen MR) is 69.1 cm³/mol. The van der Waals surface area contributed by atoms with Crippen LogP contribution in [0.4, 0.5) is 0 Å². The van der Waals surface area contributed by atoms with Crippen molar-refractivity contribution in [1.29, 1.82) is 0 Å². The van der Waals surface area contributed by atoms with Gasteiger partial charge in [0.1, 0.15) is 17.2 Å². The van der Waals surface area contributed by atoms with Crippen LogP contribution in [0, 0.1) is 6.92 Å². The van der Waals surface area contributed by atoms with Gasteiger partial charge in [0.15, 0.2) is 0 Å². The molecule has 0 fully saturated rings. The minimum atomic E-state index is -0.444. The molecule has 0 bridgehead atoms. The average molecular weight is 352 g/mol. The monoisotopic (exact) mass is 350 g/mol. The molecule has 0 aliphatic rings. The summed E-state index contributed by atoms with van der Waals surface area (Å²) < 4.78 is 11.1. The zero-order valence-electron chi connectivity index (χ0n) is 9.00. The summed E-state index contributed by atoms with van der Waals surface area (Å²) in [6.45, 7) is 2.19. The van der Waals surface area contributed by atoms with Crippen molar-refractivity contribution in [2.75, 3.05) is 13.7 Å². The molecule has 0 saturated carbocycles. The zero-order chi connectivity index (χ0) is 12.1. The lowest BCUT2D eigenvalue weighted by Crippen LogP contribution is -2.23. The van der Waals surface area contributed by atoms with Crippen LogP contribution in [0.3, 0.4) is 0 Å². The van der Waals surface area contributed by atoms with E-state index in [1.165, 1.54) is 7.11 Å². The topological polar surface area (TPSA) is 35.5 Å². The van der Waals surface area contributed by atoms with Crippen molar-refractivity contribution >= 4 is 37.8 Å². The summed E-state index contributed by atoms with van der Waals surface area (Å²) in [7, 11) is 1.35. The zero-order valence-corrected chi connectivity index (χ0v) is 12.2. The van der Waals surface area contributed by atoms with Crippen molar-refractivity contribution in [3.05, 3.63) is 28.2 Å². The fraction of sp³-hybridized carbons (Fsp3) is 0.364. The van der Waals surface area contributed by atoms with E-state index in [2.05, 4.69) is 36.6 Å². The molecule has 0 amide bonds. The third kappa shape index (κ3) is 3.79. The Balaban J connectivity index is 2.58. The highest BCUT2D eigenvalue weighted by molar-refractivity contribution is 9.10. The minimum absolute atomic E-state index is 0.245. The van der Waals surface area contributed by atoms with Crippen LogP contribution in [0.25, 0.3) is 0 Å². The molecule has 16 heavy (non-hydrogen) atoms. The van der Waals surface area contributed by atoms with E-state index in [0.29, 0.717) is 0 Å². The third-order valence-corrected chi connectivity index (χ3v) is 3.11.